The van der Waals surface area contributed by atoms with Crippen LogP contribution in [0.25, 0.3) is 11.1 Å². The second-order valence-electron chi connectivity index (χ2n) is 6.69. The highest BCUT2D eigenvalue weighted by atomic mass is 32.1. The van der Waals surface area contributed by atoms with Crippen LogP contribution >= 0.6 is 11.3 Å². The van der Waals surface area contributed by atoms with Crippen molar-refractivity contribution in [2.24, 2.45) is 0 Å². The van der Waals surface area contributed by atoms with Crippen molar-refractivity contribution in [3.63, 3.8) is 0 Å². The Balaban J connectivity index is 1.74. The number of carbonyl (C=O) groups is 1. The number of ether oxygens (including phenoxy) is 2. The van der Waals surface area contributed by atoms with E-state index < -0.39 is 0 Å². The Bertz CT molecular complexity index is 1070. The van der Waals surface area contributed by atoms with Crippen molar-refractivity contribution >= 4 is 22.9 Å². The van der Waals surface area contributed by atoms with Crippen molar-refractivity contribution in [1.29, 1.82) is 0 Å². The minimum Gasteiger partial charge on any atom is -0.490 e. The average molecular weight is 404 g/mol. The molecule has 0 fully saturated rings. The van der Waals surface area contributed by atoms with E-state index in [9.17, 15) is 4.79 Å². The number of terminal acetylenes is 1. The van der Waals surface area contributed by atoms with Crippen molar-refractivity contribution < 1.29 is 14.3 Å². The minimum atomic E-state index is -0.0258. The molecule has 4 nitrogen and oxygen atoms in total. The molecule has 146 valence electrons. The predicted molar refractivity (Wildman–Crippen MR) is 117 cm³/mol. The van der Waals surface area contributed by atoms with Gasteiger partial charge in [0, 0.05) is 28.2 Å². The van der Waals surface area contributed by atoms with E-state index in [1.807, 2.05) is 43.3 Å². The zero-order chi connectivity index (χ0) is 20.2. The molecule has 1 aromatic heterocycles. The smallest absolute Gasteiger partial charge is 0.225 e. The lowest BCUT2D eigenvalue weighted by Crippen LogP contribution is -2.22. The maximum atomic E-state index is 12.5. The second-order valence-corrected chi connectivity index (χ2v) is 7.60. The van der Waals surface area contributed by atoms with Gasteiger partial charge in [0.1, 0.15) is 6.61 Å². The first-order valence-electron chi connectivity index (χ1n) is 9.51. The summed E-state index contributed by atoms with van der Waals surface area (Å²) in [6, 6.07) is 15.9. The third-order valence-electron chi connectivity index (χ3n) is 4.86. The standard InChI is InChI=1S/C24H21NO3S/c1-3-12-28-20-11-10-17(13-21(20)27-4-2)18-14-22(26)25-23-19(15-29-24(18)23)16-8-6-5-7-9-16/h1,5-11,13,15,18H,4,12,14H2,2H3,(H,25,26). The molecule has 0 aliphatic carbocycles. The van der Waals surface area contributed by atoms with E-state index in [2.05, 4.69) is 28.8 Å². The Hall–Kier alpha value is -3.23. The number of carbonyl (C=O) groups excluding carboxylic acids is 1. The first-order chi connectivity index (χ1) is 14.2. The van der Waals surface area contributed by atoms with Gasteiger partial charge in [-0.3, -0.25) is 4.79 Å². The van der Waals surface area contributed by atoms with Crippen LogP contribution < -0.4 is 14.8 Å². The van der Waals surface area contributed by atoms with Gasteiger partial charge in [-0.2, -0.15) is 0 Å². The van der Waals surface area contributed by atoms with Crippen molar-refractivity contribution in [3.8, 4) is 35.0 Å². The third-order valence-corrected chi connectivity index (χ3v) is 5.95. The van der Waals surface area contributed by atoms with Crippen molar-refractivity contribution in [2.45, 2.75) is 19.3 Å². The van der Waals surface area contributed by atoms with Gasteiger partial charge in [-0.25, -0.2) is 0 Å². The van der Waals surface area contributed by atoms with Gasteiger partial charge in [0.2, 0.25) is 5.91 Å². The molecule has 0 spiro atoms. The molecule has 2 heterocycles. The summed E-state index contributed by atoms with van der Waals surface area (Å²) >= 11 is 1.68. The molecule has 0 bridgehead atoms. The number of fused-ring (bicyclic) bond motifs is 1. The van der Waals surface area contributed by atoms with Crippen LogP contribution in [-0.4, -0.2) is 19.1 Å². The van der Waals surface area contributed by atoms with Gasteiger partial charge >= 0.3 is 0 Å². The third kappa shape index (κ3) is 3.85. The number of benzene rings is 2. The molecule has 0 saturated heterocycles. The van der Waals surface area contributed by atoms with E-state index in [0.29, 0.717) is 24.5 Å². The molecule has 1 aliphatic heterocycles. The van der Waals surface area contributed by atoms with Crippen LogP contribution in [0.1, 0.15) is 29.7 Å². The fourth-order valence-electron chi connectivity index (χ4n) is 3.57. The summed E-state index contributed by atoms with van der Waals surface area (Å²) in [5.74, 6) is 3.72. The van der Waals surface area contributed by atoms with Gasteiger partial charge in [0.25, 0.3) is 0 Å². The van der Waals surface area contributed by atoms with Gasteiger partial charge in [-0.1, -0.05) is 42.3 Å². The minimum absolute atomic E-state index is 0.0173. The molecule has 5 heteroatoms. The van der Waals surface area contributed by atoms with Crippen molar-refractivity contribution in [1.82, 2.24) is 0 Å². The van der Waals surface area contributed by atoms with Crippen LogP contribution in [0.3, 0.4) is 0 Å². The summed E-state index contributed by atoms with van der Waals surface area (Å²) in [5, 5.41) is 5.20. The normalized spacial score (nSPS) is 15.2. The Kier molecular flexibility index (Phi) is 5.55. The molecular formula is C24H21NO3S. The zero-order valence-corrected chi connectivity index (χ0v) is 16.9. The predicted octanol–water partition coefficient (Wildman–Crippen LogP) is 5.30. The molecule has 1 atom stereocenters. The number of anilines is 1. The lowest BCUT2D eigenvalue weighted by molar-refractivity contribution is -0.116. The molecule has 1 amide bonds. The largest absolute Gasteiger partial charge is 0.490 e. The maximum Gasteiger partial charge on any atom is 0.225 e. The van der Waals surface area contributed by atoms with Crippen LogP contribution in [0.5, 0.6) is 11.5 Å². The Morgan fingerprint density at radius 3 is 2.76 bits per heavy atom. The molecule has 3 aromatic rings. The van der Waals surface area contributed by atoms with E-state index >= 15 is 0 Å². The number of amides is 1. The van der Waals surface area contributed by atoms with Crippen molar-refractivity contribution in [2.75, 3.05) is 18.5 Å². The van der Waals surface area contributed by atoms with Gasteiger partial charge in [-0.05, 0) is 30.2 Å². The quantitative estimate of drug-likeness (QED) is 0.568. The van der Waals surface area contributed by atoms with E-state index in [1.54, 1.807) is 11.3 Å². The van der Waals surface area contributed by atoms with E-state index in [-0.39, 0.29) is 18.4 Å². The van der Waals surface area contributed by atoms with E-state index in [4.69, 9.17) is 15.9 Å². The highest BCUT2D eigenvalue weighted by molar-refractivity contribution is 7.11. The summed E-state index contributed by atoms with van der Waals surface area (Å²) in [6.07, 6.45) is 5.71. The molecule has 1 unspecified atom stereocenters. The first kappa shape index (κ1) is 19.1. The number of thiophene rings is 1. The number of rotatable bonds is 6. The van der Waals surface area contributed by atoms with Gasteiger partial charge < -0.3 is 14.8 Å². The first-order valence-corrected chi connectivity index (χ1v) is 10.4. The number of hydrogen-bond donors (Lipinski definition) is 1. The SMILES string of the molecule is C#CCOc1ccc(C2CC(=O)Nc3c(-c4ccccc4)csc32)cc1OCC. The number of nitrogens with one attached hydrogen (secondary N) is 1. The monoisotopic (exact) mass is 403 g/mol. The van der Waals surface area contributed by atoms with Gasteiger partial charge in [-0.15, -0.1) is 17.8 Å². The summed E-state index contributed by atoms with van der Waals surface area (Å²) < 4.78 is 11.4. The highest BCUT2D eigenvalue weighted by Gasteiger charge is 2.31. The topological polar surface area (TPSA) is 47.6 Å². The van der Waals surface area contributed by atoms with Crippen LogP contribution in [-0.2, 0) is 4.79 Å². The van der Waals surface area contributed by atoms with E-state index in [1.165, 1.54) is 0 Å². The molecule has 2 aromatic carbocycles. The van der Waals surface area contributed by atoms with Gasteiger partial charge in [0.05, 0.1) is 12.3 Å². The van der Waals surface area contributed by atoms with Crippen LogP contribution in [0.4, 0.5) is 5.69 Å². The molecule has 29 heavy (non-hydrogen) atoms. The Labute approximate surface area is 174 Å². The molecule has 1 aliphatic rings. The zero-order valence-electron chi connectivity index (χ0n) is 16.1. The summed E-state index contributed by atoms with van der Waals surface area (Å²) in [4.78, 5) is 13.7. The van der Waals surface area contributed by atoms with Crippen LogP contribution in [0.15, 0.2) is 53.9 Å². The lowest BCUT2D eigenvalue weighted by atomic mass is 9.89. The number of hydrogen-bond acceptors (Lipinski definition) is 4. The molecule has 0 saturated carbocycles. The second kappa shape index (κ2) is 8.42. The van der Waals surface area contributed by atoms with Crippen LogP contribution in [0, 0.1) is 12.3 Å². The maximum absolute atomic E-state index is 12.5. The van der Waals surface area contributed by atoms with Crippen molar-refractivity contribution in [3.05, 3.63) is 64.4 Å². The molecule has 1 N–H and O–H groups in total. The summed E-state index contributed by atoms with van der Waals surface area (Å²) in [5.41, 5.74) is 4.09. The molecule has 4 rings (SSSR count). The fourth-order valence-corrected chi connectivity index (χ4v) is 4.74. The molecule has 0 radical (unpaired) electrons. The lowest BCUT2D eigenvalue weighted by Gasteiger charge is -2.24. The van der Waals surface area contributed by atoms with Crippen LogP contribution in [0.2, 0.25) is 0 Å². The summed E-state index contributed by atoms with van der Waals surface area (Å²) in [6.45, 7) is 2.62. The average Bonchev–Trinajstić information content (AvgIpc) is 3.17. The fraction of sp³-hybridized carbons (Fsp3) is 0.208. The highest BCUT2D eigenvalue weighted by Crippen LogP contribution is 2.47. The Morgan fingerprint density at radius 2 is 2.00 bits per heavy atom. The molecular weight excluding hydrogens is 382 g/mol. The van der Waals surface area contributed by atoms with E-state index in [0.717, 1.165) is 27.3 Å². The summed E-state index contributed by atoms with van der Waals surface area (Å²) in [7, 11) is 0. The Morgan fingerprint density at radius 1 is 1.17 bits per heavy atom. The van der Waals surface area contributed by atoms with Gasteiger partial charge in [0.15, 0.2) is 11.5 Å².